The lowest BCUT2D eigenvalue weighted by molar-refractivity contribution is 0.153. The summed E-state index contributed by atoms with van der Waals surface area (Å²) in [5.74, 6) is 1.65. The van der Waals surface area contributed by atoms with Gasteiger partial charge in [0.1, 0.15) is 5.75 Å². The highest BCUT2D eigenvalue weighted by molar-refractivity contribution is 5.33. The van der Waals surface area contributed by atoms with E-state index in [4.69, 9.17) is 4.74 Å². The zero-order chi connectivity index (χ0) is 15.1. The zero-order valence-electron chi connectivity index (χ0n) is 13.8. The van der Waals surface area contributed by atoms with Crippen LogP contribution in [0, 0.1) is 5.92 Å². The first-order chi connectivity index (χ1) is 10.1. The van der Waals surface area contributed by atoms with Gasteiger partial charge >= 0.3 is 0 Å². The highest BCUT2D eigenvalue weighted by Gasteiger charge is 2.13. The van der Waals surface area contributed by atoms with E-state index in [1.807, 2.05) is 0 Å². The van der Waals surface area contributed by atoms with Gasteiger partial charge in [0.2, 0.25) is 0 Å². The number of rotatable bonds is 7. The number of ether oxygens (including phenoxy) is 1. The second kappa shape index (κ2) is 8.40. The van der Waals surface area contributed by atoms with Gasteiger partial charge in [-0.3, -0.25) is 0 Å². The second-order valence-electron chi connectivity index (χ2n) is 6.56. The van der Waals surface area contributed by atoms with E-state index in [-0.39, 0.29) is 0 Å². The van der Waals surface area contributed by atoms with Crippen molar-refractivity contribution in [3.8, 4) is 5.75 Å². The largest absolute Gasteiger partial charge is 0.493 e. The van der Waals surface area contributed by atoms with Crippen molar-refractivity contribution in [1.29, 1.82) is 0 Å². The lowest BCUT2D eigenvalue weighted by atomic mass is 10.1. The van der Waals surface area contributed by atoms with Crippen LogP contribution in [0.4, 0.5) is 0 Å². The van der Waals surface area contributed by atoms with Crippen LogP contribution in [0.2, 0.25) is 0 Å². The molecule has 0 aromatic heterocycles. The van der Waals surface area contributed by atoms with Crippen LogP contribution in [0.1, 0.15) is 25.8 Å². The number of hydrogen-bond donors (Lipinski definition) is 0. The quantitative estimate of drug-likeness (QED) is 0.768. The standard InChI is InChI=1S/C18H30N2O/c1-16(2)15-21-18-9-5-4-7-17(18)8-6-10-20-13-11-19(3)12-14-20/h4-5,7,9,16H,6,8,10-15H2,1-3H3. The Morgan fingerprint density at radius 3 is 2.52 bits per heavy atom. The molecule has 0 unspecified atom stereocenters. The third-order valence-electron chi connectivity index (χ3n) is 4.06. The van der Waals surface area contributed by atoms with Crippen LogP contribution in [0.25, 0.3) is 0 Å². The Hall–Kier alpha value is -1.06. The van der Waals surface area contributed by atoms with Gasteiger partial charge in [-0.15, -0.1) is 0 Å². The van der Waals surface area contributed by atoms with Crippen LogP contribution < -0.4 is 4.74 Å². The maximum absolute atomic E-state index is 5.93. The molecule has 3 heteroatoms. The van der Waals surface area contributed by atoms with Gasteiger partial charge in [0, 0.05) is 26.2 Å². The number of likely N-dealkylation sites (N-methyl/N-ethyl adjacent to an activating group) is 1. The Morgan fingerprint density at radius 2 is 1.81 bits per heavy atom. The molecular weight excluding hydrogens is 260 g/mol. The van der Waals surface area contributed by atoms with E-state index in [9.17, 15) is 0 Å². The van der Waals surface area contributed by atoms with E-state index >= 15 is 0 Å². The van der Waals surface area contributed by atoms with E-state index < -0.39 is 0 Å². The molecule has 1 aliphatic rings. The minimum absolute atomic E-state index is 0.573. The van der Waals surface area contributed by atoms with Crippen molar-refractivity contribution in [3.05, 3.63) is 29.8 Å². The summed E-state index contributed by atoms with van der Waals surface area (Å²) in [5, 5.41) is 0. The predicted molar refractivity (Wildman–Crippen MR) is 89.0 cm³/mol. The summed E-state index contributed by atoms with van der Waals surface area (Å²) in [7, 11) is 2.21. The van der Waals surface area contributed by atoms with Gasteiger partial charge in [0.15, 0.2) is 0 Å². The number of nitrogens with zero attached hydrogens (tertiary/aromatic N) is 2. The summed E-state index contributed by atoms with van der Waals surface area (Å²) in [6.45, 7) is 11.2. The molecule has 1 aromatic rings. The normalized spacial score (nSPS) is 17.3. The van der Waals surface area contributed by atoms with E-state index in [1.54, 1.807) is 0 Å². The summed E-state index contributed by atoms with van der Waals surface area (Å²) in [5.41, 5.74) is 1.35. The maximum Gasteiger partial charge on any atom is 0.122 e. The Bertz CT molecular complexity index is 411. The molecule has 0 spiro atoms. The molecule has 0 bridgehead atoms. The SMILES string of the molecule is CC(C)COc1ccccc1CCCN1CCN(C)CC1. The lowest BCUT2D eigenvalue weighted by Crippen LogP contribution is -2.44. The van der Waals surface area contributed by atoms with Crippen molar-refractivity contribution in [3.63, 3.8) is 0 Å². The first-order valence-corrected chi connectivity index (χ1v) is 8.27. The molecule has 1 aromatic carbocycles. The Kier molecular flexibility index (Phi) is 6.52. The third-order valence-corrected chi connectivity index (χ3v) is 4.06. The number of aryl methyl sites for hydroxylation is 1. The van der Waals surface area contributed by atoms with Crippen LogP contribution >= 0.6 is 0 Å². The van der Waals surface area contributed by atoms with Gasteiger partial charge in [-0.1, -0.05) is 32.0 Å². The highest BCUT2D eigenvalue weighted by Crippen LogP contribution is 2.20. The van der Waals surface area contributed by atoms with Crippen LogP contribution in [-0.4, -0.2) is 56.2 Å². The molecule has 0 atom stereocenters. The lowest BCUT2D eigenvalue weighted by Gasteiger charge is -2.32. The average Bonchev–Trinajstić information content (AvgIpc) is 2.48. The molecule has 0 saturated carbocycles. The highest BCUT2D eigenvalue weighted by atomic mass is 16.5. The first kappa shape index (κ1) is 16.3. The monoisotopic (exact) mass is 290 g/mol. The van der Waals surface area contributed by atoms with Crippen LogP contribution in [0.5, 0.6) is 5.75 Å². The van der Waals surface area contributed by atoms with Gasteiger partial charge in [0.25, 0.3) is 0 Å². The van der Waals surface area contributed by atoms with E-state index in [2.05, 4.69) is 55.0 Å². The molecule has 1 saturated heterocycles. The minimum Gasteiger partial charge on any atom is -0.493 e. The average molecular weight is 290 g/mol. The molecule has 21 heavy (non-hydrogen) atoms. The Labute approximate surface area is 129 Å². The van der Waals surface area contributed by atoms with Gasteiger partial charge in [-0.05, 0) is 44.0 Å². The first-order valence-electron chi connectivity index (χ1n) is 8.27. The molecule has 3 nitrogen and oxygen atoms in total. The van der Waals surface area contributed by atoms with Crippen molar-refractivity contribution in [1.82, 2.24) is 9.80 Å². The molecule has 1 aliphatic heterocycles. The van der Waals surface area contributed by atoms with Crippen molar-refractivity contribution >= 4 is 0 Å². The zero-order valence-corrected chi connectivity index (χ0v) is 13.8. The fraction of sp³-hybridized carbons (Fsp3) is 0.667. The van der Waals surface area contributed by atoms with E-state index in [1.165, 1.54) is 44.7 Å². The van der Waals surface area contributed by atoms with Crippen LogP contribution in [0.3, 0.4) is 0 Å². The van der Waals surface area contributed by atoms with Crippen molar-refractivity contribution in [2.45, 2.75) is 26.7 Å². The molecule has 0 amide bonds. The summed E-state index contributed by atoms with van der Waals surface area (Å²) in [6, 6.07) is 8.50. The van der Waals surface area contributed by atoms with Crippen LogP contribution in [0.15, 0.2) is 24.3 Å². The Balaban J connectivity index is 1.77. The number of para-hydroxylation sites is 1. The third kappa shape index (κ3) is 5.68. The molecule has 0 N–H and O–H groups in total. The minimum atomic E-state index is 0.573. The molecule has 0 radical (unpaired) electrons. The summed E-state index contributed by atoms with van der Waals surface area (Å²) < 4.78 is 5.93. The number of hydrogen-bond acceptors (Lipinski definition) is 3. The van der Waals surface area contributed by atoms with Gasteiger partial charge < -0.3 is 14.5 Å². The van der Waals surface area contributed by atoms with Gasteiger partial charge in [0.05, 0.1) is 6.61 Å². The van der Waals surface area contributed by atoms with E-state index in [0.717, 1.165) is 18.8 Å². The fourth-order valence-electron chi connectivity index (χ4n) is 2.67. The fourth-order valence-corrected chi connectivity index (χ4v) is 2.67. The van der Waals surface area contributed by atoms with Gasteiger partial charge in [-0.2, -0.15) is 0 Å². The molecule has 118 valence electrons. The smallest absolute Gasteiger partial charge is 0.122 e. The van der Waals surface area contributed by atoms with Crippen LogP contribution in [-0.2, 0) is 6.42 Å². The maximum atomic E-state index is 5.93. The van der Waals surface area contributed by atoms with Crippen molar-refractivity contribution in [2.75, 3.05) is 46.4 Å². The Morgan fingerprint density at radius 1 is 1.10 bits per heavy atom. The molecule has 0 aliphatic carbocycles. The van der Waals surface area contributed by atoms with Crippen molar-refractivity contribution < 1.29 is 4.74 Å². The molecule has 1 fully saturated rings. The second-order valence-corrected chi connectivity index (χ2v) is 6.56. The molecule has 2 rings (SSSR count). The summed E-state index contributed by atoms with van der Waals surface area (Å²) in [6.07, 6.45) is 2.33. The predicted octanol–water partition coefficient (Wildman–Crippen LogP) is 2.90. The topological polar surface area (TPSA) is 15.7 Å². The van der Waals surface area contributed by atoms with Gasteiger partial charge in [-0.25, -0.2) is 0 Å². The summed E-state index contributed by atoms with van der Waals surface area (Å²) >= 11 is 0. The summed E-state index contributed by atoms with van der Waals surface area (Å²) in [4.78, 5) is 4.99. The molecular formula is C18H30N2O. The number of benzene rings is 1. The number of piperazine rings is 1. The van der Waals surface area contributed by atoms with Crippen molar-refractivity contribution in [2.24, 2.45) is 5.92 Å². The molecule has 1 heterocycles. The van der Waals surface area contributed by atoms with E-state index in [0.29, 0.717) is 5.92 Å².